The molecular weight excluding hydrogens is 428 g/mol. The Balaban J connectivity index is 1.45. The highest BCUT2D eigenvalue weighted by molar-refractivity contribution is 6.02. The SMILES string of the molecule is CN1C(=O)N[C@@H](c2ccc(C(C)(C)C)cc2)C2=C1CN(CC(=O)NCCc1ccccc1)C2=O. The molecule has 0 saturated heterocycles. The van der Waals surface area contributed by atoms with Gasteiger partial charge in [-0.1, -0.05) is 75.4 Å². The Hall–Kier alpha value is -3.61. The first-order chi connectivity index (χ1) is 16.1. The standard InChI is InChI=1S/C27H32N4O3/c1-27(2,3)20-12-10-19(11-13-20)24-23-21(30(4)26(34)29-24)16-31(25(23)33)17-22(32)28-15-14-18-8-6-5-7-9-18/h5-13,24H,14-17H2,1-4H3,(H,28,32)(H,29,34)/t24-/m0/s1. The Labute approximate surface area is 200 Å². The van der Waals surface area contributed by atoms with Crippen molar-refractivity contribution in [2.45, 2.75) is 38.6 Å². The molecule has 2 aromatic rings. The third-order valence-electron chi connectivity index (χ3n) is 6.46. The van der Waals surface area contributed by atoms with Crippen molar-refractivity contribution in [2.75, 3.05) is 26.7 Å². The lowest BCUT2D eigenvalue weighted by Crippen LogP contribution is -2.45. The van der Waals surface area contributed by atoms with Crippen molar-refractivity contribution in [1.82, 2.24) is 20.4 Å². The van der Waals surface area contributed by atoms with Gasteiger partial charge in [0.1, 0.15) is 6.54 Å². The lowest BCUT2D eigenvalue weighted by Gasteiger charge is -2.31. The molecule has 0 fully saturated rings. The molecule has 0 bridgehead atoms. The number of hydrogen-bond acceptors (Lipinski definition) is 3. The molecule has 0 aliphatic carbocycles. The third kappa shape index (κ3) is 4.83. The normalized spacial score (nSPS) is 18.2. The fourth-order valence-electron chi connectivity index (χ4n) is 4.40. The first-order valence-corrected chi connectivity index (χ1v) is 11.6. The molecular formula is C27H32N4O3. The average molecular weight is 461 g/mol. The molecule has 178 valence electrons. The number of likely N-dealkylation sites (N-methyl/N-ethyl adjacent to an activating group) is 1. The van der Waals surface area contributed by atoms with Crippen molar-refractivity contribution in [3.63, 3.8) is 0 Å². The Morgan fingerprint density at radius 1 is 1.06 bits per heavy atom. The van der Waals surface area contributed by atoms with Crippen molar-refractivity contribution in [2.24, 2.45) is 0 Å². The maximum atomic E-state index is 13.3. The van der Waals surface area contributed by atoms with Gasteiger partial charge in [0.2, 0.25) is 5.91 Å². The van der Waals surface area contributed by atoms with E-state index in [0.29, 0.717) is 17.8 Å². The molecule has 7 heteroatoms. The van der Waals surface area contributed by atoms with Gasteiger partial charge in [-0.15, -0.1) is 0 Å². The first-order valence-electron chi connectivity index (χ1n) is 11.6. The van der Waals surface area contributed by atoms with Crippen LogP contribution in [0.25, 0.3) is 0 Å². The molecule has 4 rings (SSSR count). The number of nitrogens with zero attached hydrogens (tertiary/aromatic N) is 2. The van der Waals surface area contributed by atoms with E-state index in [1.54, 1.807) is 7.05 Å². The largest absolute Gasteiger partial charge is 0.354 e. The van der Waals surface area contributed by atoms with Gasteiger partial charge in [0.05, 0.1) is 23.9 Å². The maximum absolute atomic E-state index is 13.3. The maximum Gasteiger partial charge on any atom is 0.322 e. The quantitative estimate of drug-likeness (QED) is 0.695. The summed E-state index contributed by atoms with van der Waals surface area (Å²) in [6.07, 6.45) is 0.725. The topological polar surface area (TPSA) is 81.8 Å². The summed E-state index contributed by atoms with van der Waals surface area (Å²) in [4.78, 5) is 41.5. The molecule has 2 aliphatic heterocycles. The zero-order valence-electron chi connectivity index (χ0n) is 20.2. The number of carbonyl (C=O) groups excluding carboxylic acids is 3. The van der Waals surface area contributed by atoms with Crippen LogP contribution >= 0.6 is 0 Å². The molecule has 7 nitrogen and oxygen atoms in total. The van der Waals surface area contributed by atoms with Crippen LogP contribution in [0.4, 0.5) is 4.79 Å². The van der Waals surface area contributed by atoms with E-state index in [0.717, 1.165) is 17.5 Å². The highest BCUT2D eigenvalue weighted by Crippen LogP contribution is 2.36. The first kappa shape index (κ1) is 23.5. The van der Waals surface area contributed by atoms with Gasteiger partial charge in [0.25, 0.3) is 5.91 Å². The Morgan fingerprint density at radius 2 is 1.74 bits per heavy atom. The van der Waals surface area contributed by atoms with Crippen LogP contribution in [0.3, 0.4) is 0 Å². The number of rotatable bonds is 6. The van der Waals surface area contributed by atoms with E-state index in [2.05, 4.69) is 31.4 Å². The van der Waals surface area contributed by atoms with E-state index in [1.807, 2.05) is 54.6 Å². The fraction of sp³-hybridized carbons (Fsp3) is 0.370. The second kappa shape index (κ2) is 9.33. The van der Waals surface area contributed by atoms with Crippen LogP contribution in [0.5, 0.6) is 0 Å². The van der Waals surface area contributed by atoms with Gasteiger partial charge in [0.15, 0.2) is 0 Å². The monoisotopic (exact) mass is 460 g/mol. The van der Waals surface area contributed by atoms with Crippen molar-refractivity contribution < 1.29 is 14.4 Å². The van der Waals surface area contributed by atoms with E-state index in [4.69, 9.17) is 0 Å². The van der Waals surface area contributed by atoms with Crippen LogP contribution in [-0.4, -0.2) is 54.3 Å². The molecule has 34 heavy (non-hydrogen) atoms. The molecule has 4 amide bonds. The van der Waals surface area contributed by atoms with Crippen molar-refractivity contribution in [1.29, 1.82) is 0 Å². The van der Waals surface area contributed by atoms with Gasteiger partial charge >= 0.3 is 6.03 Å². The zero-order chi connectivity index (χ0) is 24.5. The molecule has 2 aliphatic rings. The minimum absolute atomic E-state index is 0.00678. The molecule has 2 aromatic carbocycles. The van der Waals surface area contributed by atoms with Crippen LogP contribution < -0.4 is 10.6 Å². The van der Waals surface area contributed by atoms with Gasteiger partial charge in [0, 0.05) is 13.6 Å². The van der Waals surface area contributed by atoms with E-state index in [-0.39, 0.29) is 36.3 Å². The Kier molecular flexibility index (Phi) is 6.46. The van der Waals surface area contributed by atoms with Gasteiger partial charge in [-0.25, -0.2) is 4.79 Å². The van der Waals surface area contributed by atoms with Gasteiger partial charge < -0.3 is 15.5 Å². The minimum atomic E-state index is -0.536. The summed E-state index contributed by atoms with van der Waals surface area (Å²) in [6.45, 7) is 7.12. The lowest BCUT2D eigenvalue weighted by atomic mass is 9.85. The summed E-state index contributed by atoms with van der Waals surface area (Å²) >= 11 is 0. The fourth-order valence-corrected chi connectivity index (χ4v) is 4.40. The number of benzene rings is 2. The summed E-state index contributed by atoms with van der Waals surface area (Å²) in [5, 5.41) is 5.85. The van der Waals surface area contributed by atoms with Crippen LogP contribution in [0.1, 0.15) is 43.5 Å². The predicted molar refractivity (Wildman–Crippen MR) is 131 cm³/mol. The summed E-state index contributed by atoms with van der Waals surface area (Å²) in [5.41, 5.74) is 4.36. The van der Waals surface area contributed by atoms with Crippen LogP contribution in [0, 0.1) is 0 Å². The Morgan fingerprint density at radius 3 is 2.38 bits per heavy atom. The minimum Gasteiger partial charge on any atom is -0.354 e. The number of hydrogen-bond donors (Lipinski definition) is 2. The number of amides is 4. The second-order valence-corrected chi connectivity index (χ2v) is 9.92. The summed E-state index contributed by atoms with van der Waals surface area (Å²) in [6, 6.07) is 17.1. The third-order valence-corrected chi connectivity index (χ3v) is 6.46. The van der Waals surface area contributed by atoms with Crippen molar-refractivity contribution >= 4 is 17.8 Å². The lowest BCUT2D eigenvalue weighted by molar-refractivity contribution is -0.131. The van der Waals surface area contributed by atoms with Gasteiger partial charge in [-0.3, -0.25) is 14.5 Å². The molecule has 2 N–H and O–H groups in total. The zero-order valence-corrected chi connectivity index (χ0v) is 20.2. The highest BCUT2D eigenvalue weighted by atomic mass is 16.2. The Bertz CT molecular complexity index is 1120. The smallest absolute Gasteiger partial charge is 0.322 e. The van der Waals surface area contributed by atoms with E-state index in [9.17, 15) is 14.4 Å². The second-order valence-electron chi connectivity index (χ2n) is 9.92. The van der Waals surface area contributed by atoms with Gasteiger partial charge in [-0.2, -0.15) is 0 Å². The number of nitrogens with one attached hydrogen (secondary N) is 2. The van der Waals surface area contributed by atoms with Crippen LogP contribution in [0.15, 0.2) is 65.9 Å². The summed E-state index contributed by atoms with van der Waals surface area (Å²) in [7, 11) is 1.65. The highest BCUT2D eigenvalue weighted by Gasteiger charge is 2.43. The molecule has 0 spiro atoms. The molecule has 0 saturated carbocycles. The molecule has 2 heterocycles. The molecule has 0 radical (unpaired) electrons. The van der Waals surface area contributed by atoms with Gasteiger partial charge in [-0.05, 0) is 28.5 Å². The van der Waals surface area contributed by atoms with Crippen molar-refractivity contribution in [3.8, 4) is 0 Å². The summed E-state index contributed by atoms with van der Waals surface area (Å²) < 4.78 is 0. The van der Waals surface area contributed by atoms with E-state index < -0.39 is 6.04 Å². The average Bonchev–Trinajstić information content (AvgIpc) is 3.12. The van der Waals surface area contributed by atoms with E-state index in [1.165, 1.54) is 15.4 Å². The molecule has 1 atom stereocenters. The van der Waals surface area contributed by atoms with E-state index >= 15 is 0 Å². The number of carbonyl (C=O) groups is 3. The van der Waals surface area contributed by atoms with Crippen LogP contribution in [0.2, 0.25) is 0 Å². The number of urea groups is 1. The van der Waals surface area contributed by atoms with Crippen molar-refractivity contribution in [3.05, 3.63) is 82.6 Å². The van der Waals surface area contributed by atoms with Crippen LogP contribution in [-0.2, 0) is 21.4 Å². The molecule has 0 aromatic heterocycles. The predicted octanol–water partition coefficient (Wildman–Crippen LogP) is 3.14. The summed E-state index contributed by atoms with van der Waals surface area (Å²) in [5.74, 6) is -0.429. The molecule has 0 unspecified atom stereocenters.